The Balaban J connectivity index is 0.00000324. The smallest absolute Gasteiger partial charge is 0.256 e. The van der Waals surface area contributed by atoms with E-state index < -0.39 is 0 Å². The SMILES string of the molecule is Cc1ccc(-c2cnn(C)c2)cc1/C=C(/NC(=O)c1ccnc(CN2CCCC2)c1)N(C)C.[HH]. The van der Waals surface area contributed by atoms with E-state index in [0.717, 1.165) is 53.4 Å². The summed E-state index contributed by atoms with van der Waals surface area (Å²) in [6, 6.07) is 9.98. The summed E-state index contributed by atoms with van der Waals surface area (Å²) in [6.07, 6.45) is 10.1. The van der Waals surface area contributed by atoms with Crippen LogP contribution in [0.4, 0.5) is 0 Å². The van der Waals surface area contributed by atoms with Crippen molar-refractivity contribution in [2.45, 2.75) is 26.3 Å². The zero-order valence-corrected chi connectivity index (χ0v) is 19.9. The Morgan fingerprint density at radius 3 is 2.67 bits per heavy atom. The predicted octanol–water partition coefficient (Wildman–Crippen LogP) is 3.92. The van der Waals surface area contributed by atoms with Gasteiger partial charge in [-0.3, -0.25) is 19.4 Å². The molecule has 7 heteroatoms. The van der Waals surface area contributed by atoms with Crippen molar-refractivity contribution in [3.05, 3.63) is 77.1 Å². The van der Waals surface area contributed by atoms with Crippen LogP contribution in [0.15, 0.2) is 54.7 Å². The molecule has 1 saturated heterocycles. The second kappa shape index (κ2) is 10.0. The molecule has 4 rings (SSSR count). The number of carbonyl (C=O) groups is 1. The van der Waals surface area contributed by atoms with Gasteiger partial charge in [-0.05, 0) is 73.8 Å². The number of nitrogens with zero attached hydrogens (tertiary/aromatic N) is 5. The summed E-state index contributed by atoms with van der Waals surface area (Å²) >= 11 is 0. The van der Waals surface area contributed by atoms with Gasteiger partial charge < -0.3 is 10.2 Å². The fourth-order valence-electron chi connectivity index (χ4n) is 4.03. The highest BCUT2D eigenvalue weighted by Crippen LogP contribution is 2.23. The highest BCUT2D eigenvalue weighted by Gasteiger charge is 2.15. The van der Waals surface area contributed by atoms with E-state index in [-0.39, 0.29) is 7.33 Å². The number of pyridine rings is 1. The molecule has 3 heterocycles. The molecule has 174 valence electrons. The van der Waals surface area contributed by atoms with Gasteiger partial charge in [-0.2, -0.15) is 5.10 Å². The molecular weight excluding hydrogens is 412 g/mol. The molecule has 1 aliphatic heterocycles. The Kier molecular flexibility index (Phi) is 6.89. The quantitative estimate of drug-likeness (QED) is 0.596. The number of aromatic nitrogens is 3. The van der Waals surface area contributed by atoms with E-state index in [4.69, 9.17) is 0 Å². The van der Waals surface area contributed by atoms with Crippen molar-refractivity contribution in [2.75, 3.05) is 27.2 Å². The van der Waals surface area contributed by atoms with E-state index in [1.54, 1.807) is 16.9 Å². The molecule has 0 radical (unpaired) electrons. The second-order valence-electron chi connectivity index (χ2n) is 8.87. The van der Waals surface area contributed by atoms with Gasteiger partial charge in [-0.1, -0.05) is 12.1 Å². The summed E-state index contributed by atoms with van der Waals surface area (Å²) in [5, 5.41) is 7.36. The molecule has 1 N–H and O–H groups in total. The third kappa shape index (κ3) is 5.68. The Morgan fingerprint density at radius 1 is 1.18 bits per heavy atom. The van der Waals surface area contributed by atoms with Crippen LogP contribution in [0.25, 0.3) is 17.2 Å². The topological polar surface area (TPSA) is 66.3 Å². The highest BCUT2D eigenvalue weighted by molar-refractivity contribution is 5.95. The summed E-state index contributed by atoms with van der Waals surface area (Å²) in [5.41, 5.74) is 5.88. The maximum absolute atomic E-state index is 13.1. The van der Waals surface area contributed by atoms with Crippen molar-refractivity contribution in [3.63, 3.8) is 0 Å². The number of amides is 1. The van der Waals surface area contributed by atoms with Gasteiger partial charge in [0, 0.05) is 52.6 Å². The molecule has 0 bridgehead atoms. The van der Waals surface area contributed by atoms with E-state index >= 15 is 0 Å². The average molecular weight is 447 g/mol. The number of benzene rings is 1. The van der Waals surface area contributed by atoms with Gasteiger partial charge in [0.25, 0.3) is 5.91 Å². The maximum Gasteiger partial charge on any atom is 0.256 e. The van der Waals surface area contributed by atoms with Crippen LogP contribution in [-0.2, 0) is 13.6 Å². The van der Waals surface area contributed by atoms with Gasteiger partial charge in [0.2, 0.25) is 0 Å². The fraction of sp³-hybridized carbons (Fsp3) is 0.346. The van der Waals surface area contributed by atoms with Gasteiger partial charge in [-0.25, -0.2) is 0 Å². The molecule has 33 heavy (non-hydrogen) atoms. The zero-order chi connectivity index (χ0) is 23.4. The van der Waals surface area contributed by atoms with Crippen molar-refractivity contribution < 1.29 is 6.22 Å². The number of likely N-dealkylation sites (tertiary alicyclic amines) is 1. The lowest BCUT2D eigenvalue weighted by Crippen LogP contribution is -2.31. The first-order valence-electron chi connectivity index (χ1n) is 11.4. The molecule has 1 fully saturated rings. The van der Waals surface area contributed by atoms with Crippen molar-refractivity contribution in [1.29, 1.82) is 0 Å². The summed E-state index contributed by atoms with van der Waals surface area (Å²) in [6.45, 7) is 5.06. The fourth-order valence-corrected chi connectivity index (χ4v) is 4.03. The van der Waals surface area contributed by atoms with E-state index in [1.165, 1.54) is 12.8 Å². The number of hydrogen-bond donors (Lipinski definition) is 1. The lowest BCUT2D eigenvalue weighted by atomic mass is 10.0. The van der Waals surface area contributed by atoms with E-state index in [9.17, 15) is 4.79 Å². The van der Waals surface area contributed by atoms with Crippen LogP contribution in [-0.4, -0.2) is 57.7 Å². The van der Waals surface area contributed by atoms with Crippen LogP contribution in [0.2, 0.25) is 0 Å². The van der Waals surface area contributed by atoms with E-state index in [1.807, 2.05) is 50.6 Å². The van der Waals surface area contributed by atoms with Crippen molar-refractivity contribution >= 4 is 12.0 Å². The molecular formula is C26H34N6O. The van der Waals surface area contributed by atoms with Crippen molar-refractivity contribution in [1.82, 2.24) is 29.9 Å². The van der Waals surface area contributed by atoms with E-state index in [2.05, 4.69) is 45.4 Å². The third-order valence-electron chi connectivity index (χ3n) is 6.00. The predicted molar refractivity (Wildman–Crippen MR) is 133 cm³/mol. The minimum Gasteiger partial charge on any atom is -0.364 e. The first-order valence-corrected chi connectivity index (χ1v) is 11.4. The van der Waals surface area contributed by atoms with Gasteiger partial charge in [0.15, 0.2) is 0 Å². The third-order valence-corrected chi connectivity index (χ3v) is 6.00. The number of hydrogen-bond acceptors (Lipinski definition) is 5. The van der Waals surface area contributed by atoms with Crippen LogP contribution >= 0.6 is 0 Å². The van der Waals surface area contributed by atoms with Gasteiger partial charge in [-0.15, -0.1) is 0 Å². The molecule has 1 aliphatic rings. The number of rotatable bonds is 7. The summed E-state index contributed by atoms with van der Waals surface area (Å²) in [5.74, 6) is 0.588. The average Bonchev–Trinajstić information content (AvgIpc) is 3.46. The number of carbonyl (C=O) groups excluding carboxylic acids is 1. The lowest BCUT2D eigenvalue weighted by molar-refractivity contribution is 0.0956. The molecule has 1 amide bonds. The molecule has 0 aliphatic carbocycles. The van der Waals surface area contributed by atoms with E-state index in [0.29, 0.717) is 5.56 Å². The largest absolute Gasteiger partial charge is 0.364 e. The van der Waals surface area contributed by atoms with Crippen LogP contribution in [0, 0.1) is 6.92 Å². The maximum atomic E-state index is 13.1. The van der Waals surface area contributed by atoms with Crippen LogP contribution in [0.5, 0.6) is 0 Å². The monoisotopic (exact) mass is 446 g/mol. The first kappa shape index (κ1) is 22.7. The zero-order valence-electron chi connectivity index (χ0n) is 19.9. The van der Waals surface area contributed by atoms with Crippen LogP contribution < -0.4 is 5.32 Å². The normalized spacial score (nSPS) is 14.5. The Hall–Kier alpha value is -3.45. The lowest BCUT2D eigenvalue weighted by Gasteiger charge is -2.19. The second-order valence-corrected chi connectivity index (χ2v) is 8.87. The molecule has 0 saturated carbocycles. The Bertz CT molecular complexity index is 1160. The summed E-state index contributed by atoms with van der Waals surface area (Å²) in [7, 11) is 5.77. The molecule has 2 aromatic heterocycles. The Labute approximate surface area is 197 Å². The van der Waals surface area contributed by atoms with Crippen molar-refractivity contribution in [2.24, 2.45) is 7.05 Å². The molecule has 0 atom stereocenters. The van der Waals surface area contributed by atoms with Gasteiger partial charge in [0.05, 0.1) is 11.9 Å². The molecule has 3 aromatic rings. The molecule has 7 nitrogen and oxygen atoms in total. The number of nitrogens with one attached hydrogen (secondary N) is 1. The minimum atomic E-state index is -0.138. The standard InChI is InChI=1S/C26H32N6O.H2/c1-19-7-8-20(23-16-28-31(4)17-23)13-22(19)15-25(30(2)3)29-26(33)21-9-10-27-24(14-21)18-32-11-5-6-12-32;/h7-10,13-17H,5-6,11-12,18H2,1-4H3,(H,29,33);1H/b25-15-;. The summed E-state index contributed by atoms with van der Waals surface area (Å²) < 4.78 is 1.79. The Morgan fingerprint density at radius 2 is 1.97 bits per heavy atom. The highest BCUT2D eigenvalue weighted by atomic mass is 16.1. The number of aryl methyl sites for hydroxylation is 2. The minimum absolute atomic E-state index is 0. The first-order chi connectivity index (χ1) is 15.9. The van der Waals surface area contributed by atoms with Crippen LogP contribution in [0.3, 0.4) is 0 Å². The van der Waals surface area contributed by atoms with Gasteiger partial charge in [0.1, 0.15) is 5.82 Å². The molecule has 0 spiro atoms. The van der Waals surface area contributed by atoms with Crippen LogP contribution in [0.1, 0.15) is 41.4 Å². The summed E-state index contributed by atoms with van der Waals surface area (Å²) in [4.78, 5) is 21.8. The van der Waals surface area contributed by atoms with Gasteiger partial charge >= 0.3 is 0 Å². The molecule has 0 unspecified atom stereocenters. The van der Waals surface area contributed by atoms with Crippen molar-refractivity contribution in [3.8, 4) is 11.1 Å². The molecule has 1 aromatic carbocycles.